The summed E-state index contributed by atoms with van der Waals surface area (Å²) in [5, 5.41) is 6.62. The number of sulfonamides is 1. The Bertz CT molecular complexity index is 2180. The second-order valence-corrected chi connectivity index (χ2v) is 20.1. The van der Waals surface area contributed by atoms with Crippen molar-refractivity contribution in [3.8, 4) is 11.6 Å². The number of alkyl halides is 3. The molecule has 61 heavy (non-hydrogen) atoms. The number of nitrogens with zero attached hydrogens (tertiary/aromatic N) is 3. The molecule has 1 aromatic carbocycles. The van der Waals surface area contributed by atoms with Crippen molar-refractivity contribution in [3.63, 3.8) is 0 Å². The first-order valence-corrected chi connectivity index (χ1v) is 22.2. The number of methoxy groups -OCH3 is 1. The molecule has 19 heteroatoms. The van der Waals surface area contributed by atoms with E-state index in [0.717, 1.165) is 11.1 Å². The van der Waals surface area contributed by atoms with Crippen molar-refractivity contribution >= 4 is 50.3 Å². The summed E-state index contributed by atoms with van der Waals surface area (Å²) in [7, 11) is 1.16. The number of rotatable bonds is 10. The fraction of sp³-hybridized carbons (Fsp3) is 0.643. The Morgan fingerprint density at radius 2 is 1.82 bits per heavy atom. The van der Waals surface area contributed by atoms with E-state index in [9.17, 15) is 40.8 Å². The van der Waals surface area contributed by atoms with Gasteiger partial charge in [-0.2, -0.15) is 13.2 Å². The third-order valence-corrected chi connectivity index (χ3v) is 14.9. The van der Waals surface area contributed by atoms with Crippen LogP contribution in [0.3, 0.4) is 0 Å². The molecule has 15 nitrogen and oxygen atoms in total. The number of aromatic nitrogens is 1. The van der Waals surface area contributed by atoms with Gasteiger partial charge in [0.25, 0.3) is 5.91 Å². The first kappa shape index (κ1) is 45.7. The maximum absolute atomic E-state index is 15.0. The molecule has 0 radical (unpaired) electrons. The predicted octanol–water partition coefficient (Wildman–Crippen LogP) is 5.37. The lowest BCUT2D eigenvalue weighted by Gasteiger charge is -2.35. The number of nitrogens with one attached hydrogen (secondary N) is 3. The Morgan fingerprint density at radius 1 is 1.11 bits per heavy atom. The number of allylic oxidation sites excluding steroid dienone is 1. The van der Waals surface area contributed by atoms with Crippen LogP contribution < -0.4 is 29.7 Å². The number of alkyl carbamates (subject to hydrolysis) is 1. The average molecular weight is 879 g/mol. The first-order valence-electron chi connectivity index (χ1n) is 20.7. The highest BCUT2D eigenvalue weighted by atomic mass is 32.2. The van der Waals surface area contributed by atoms with Gasteiger partial charge in [0.1, 0.15) is 29.5 Å². The quantitative estimate of drug-likeness (QED) is 0.261. The molecular weight excluding hydrogens is 822 g/mol. The molecule has 7 atom stereocenters. The van der Waals surface area contributed by atoms with Gasteiger partial charge in [0, 0.05) is 37.2 Å². The number of anilines is 1. The highest BCUT2D eigenvalue weighted by molar-refractivity contribution is 7.91. The van der Waals surface area contributed by atoms with Crippen LogP contribution in [0.15, 0.2) is 36.5 Å². The van der Waals surface area contributed by atoms with Gasteiger partial charge in [0.15, 0.2) is 0 Å². The van der Waals surface area contributed by atoms with Gasteiger partial charge < -0.3 is 34.6 Å². The molecule has 1 saturated heterocycles. The SMILES string of the molecule is CCC1CC(C)CCC=CC2CC2(C(=O)NS(=O)(=O)C2(C)CC2)NC(=O)C2CC(Oc3ncc(N(C)C)c4cc(OC)ccc34)CN2C(=O)C1NC(=O)OC(C)(C)C(F)(F)F. The van der Waals surface area contributed by atoms with Gasteiger partial charge >= 0.3 is 12.3 Å². The zero-order chi connectivity index (χ0) is 44.9. The van der Waals surface area contributed by atoms with Gasteiger partial charge in [-0.25, -0.2) is 18.2 Å². The van der Waals surface area contributed by atoms with E-state index in [1.165, 1.54) is 4.90 Å². The Kier molecular flexibility index (Phi) is 12.6. The normalized spacial score (nSPS) is 28.0. The summed E-state index contributed by atoms with van der Waals surface area (Å²) in [5.41, 5.74) is -3.78. The molecule has 3 N–H and O–H groups in total. The topological polar surface area (TPSA) is 186 Å². The molecule has 3 fully saturated rings. The monoisotopic (exact) mass is 878 g/mol. The van der Waals surface area contributed by atoms with Crippen molar-refractivity contribution in [3.05, 3.63) is 36.5 Å². The van der Waals surface area contributed by atoms with Crippen molar-refractivity contribution < 1.29 is 55.0 Å². The van der Waals surface area contributed by atoms with Gasteiger partial charge in [-0.05, 0) is 89.3 Å². The second-order valence-electron chi connectivity index (χ2n) is 17.9. The van der Waals surface area contributed by atoms with Crippen LogP contribution in [-0.4, -0.2) is 110 Å². The summed E-state index contributed by atoms with van der Waals surface area (Å²) in [4.78, 5) is 64.6. The predicted molar refractivity (Wildman–Crippen MR) is 220 cm³/mol. The standard InChI is InChI=1S/C42H57F3N6O9S/c1-9-25-18-24(2)12-10-11-13-26-21-41(26,37(54)49-61(56,57)40(5)16-17-40)48-34(52)31-20-28(23-51(31)36(53)33(25)47-38(55)60-39(3,4)42(43,44)45)59-35-29-15-14-27(58-8)19-30(29)32(22-46-35)50(6)7/h11,13-15,19,22,24-26,28,31,33H,9-10,12,16-18,20-21,23H2,1-8H3,(H,47,55)(H,48,52)(H,49,54). The smallest absolute Gasteiger partial charge is 0.427 e. The molecule has 2 aromatic rings. The summed E-state index contributed by atoms with van der Waals surface area (Å²) < 4.78 is 86.0. The van der Waals surface area contributed by atoms with Crippen LogP contribution in [0.5, 0.6) is 11.6 Å². The largest absolute Gasteiger partial charge is 0.497 e. The van der Waals surface area contributed by atoms with Crippen molar-refractivity contribution in [2.24, 2.45) is 17.8 Å². The minimum absolute atomic E-state index is 0.0375. The van der Waals surface area contributed by atoms with E-state index in [2.05, 4.69) is 20.3 Å². The number of amides is 4. The van der Waals surface area contributed by atoms with Gasteiger partial charge in [-0.1, -0.05) is 32.4 Å². The lowest BCUT2D eigenvalue weighted by molar-refractivity contribution is -0.244. The number of hydrogen-bond acceptors (Lipinski definition) is 11. The minimum atomic E-state index is -4.92. The molecule has 3 heterocycles. The maximum Gasteiger partial charge on any atom is 0.427 e. The third kappa shape index (κ3) is 9.36. The van der Waals surface area contributed by atoms with E-state index in [4.69, 9.17) is 14.2 Å². The lowest BCUT2D eigenvalue weighted by Crippen LogP contribution is -2.60. The van der Waals surface area contributed by atoms with E-state index in [-0.39, 0.29) is 31.2 Å². The van der Waals surface area contributed by atoms with Crippen molar-refractivity contribution in [1.29, 1.82) is 0 Å². The van der Waals surface area contributed by atoms with Crippen molar-refractivity contribution in [1.82, 2.24) is 25.2 Å². The number of hydrogen-bond donors (Lipinski definition) is 3. The number of ether oxygens (including phenoxy) is 3. The average Bonchev–Trinajstić information content (AvgIpc) is 4.06. The molecule has 6 rings (SSSR count). The number of fused-ring (bicyclic) bond motifs is 3. The van der Waals surface area contributed by atoms with E-state index in [1.807, 2.05) is 38.1 Å². The van der Waals surface area contributed by atoms with Crippen LogP contribution in [0.2, 0.25) is 0 Å². The Balaban J connectivity index is 1.39. The van der Waals surface area contributed by atoms with Crippen molar-refractivity contribution in [2.75, 3.05) is 32.6 Å². The van der Waals surface area contributed by atoms with Crippen LogP contribution in [0.4, 0.5) is 23.7 Å². The summed E-state index contributed by atoms with van der Waals surface area (Å²) >= 11 is 0. The zero-order valence-corrected chi connectivity index (χ0v) is 36.7. The van der Waals surface area contributed by atoms with E-state index >= 15 is 0 Å². The third-order valence-electron chi connectivity index (χ3n) is 12.7. The molecule has 1 aromatic heterocycles. The van der Waals surface area contributed by atoms with Gasteiger partial charge in [-0.3, -0.25) is 19.1 Å². The number of carbonyl (C=O) groups is 4. The van der Waals surface area contributed by atoms with Gasteiger partial charge in [-0.15, -0.1) is 0 Å². The molecule has 0 spiro atoms. The molecule has 0 bridgehead atoms. The number of carbonyl (C=O) groups excluding carboxylic acids is 4. The second kappa shape index (κ2) is 16.8. The van der Waals surface area contributed by atoms with Crippen molar-refractivity contribution in [2.45, 2.75) is 126 Å². The van der Waals surface area contributed by atoms with E-state index in [0.29, 0.717) is 63.5 Å². The van der Waals surface area contributed by atoms with Crippen LogP contribution in [-0.2, 0) is 29.1 Å². The summed E-state index contributed by atoms with van der Waals surface area (Å²) in [6.07, 6.45) is 0.637. The fourth-order valence-corrected chi connectivity index (χ4v) is 9.49. The molecule has 7 unspecified atom stereocenters. The van der Waals surface area contributed by atoms with E-state index in [1.54, 1.807) is 45.4 Å². The number of benzene rings is 1. The summed E-state index contributed by atoms with van der Waals surface area (Å²) in [6.45, 7) is 6.49. The molecule has 4 amide bonds. The lowest BCUT2D eigenvalue weighted by atomic mass is 9.85. The van der Waals surface area contributed by atoms with Crippen LogP contribution in [0, 0.1) is 17.8 Å². The fourth-order valence-electron chi connectivity index (χ4n) is 8.18. The van der Waals surface area contributed by atoms with E-state index < -0.39 is 85.9 Å². The summed E-state index contributed by atoms with van der Waals surface area (Å²) in [6, 6.07) is 2.58. The first-order chi connectivity index (χ1) is 28.5. The van der Waals surface area contributed by atoms with Crippen LogP contribution >= 0.6 is 0 Å². The molecular formula is C42H57F3N6O9S. The van der Waals surface area contributed by atoms with Gasteiger partial charge in [0.05, 0.1) is 30.3 Å². The molecule has 2 aliphatic heterocycles. The molecule has 2 aliphatic carbocycles. The number of halogens is 3. The number of pyridine rings is 1. The molecule has 4 aliphatic rings. The maximum atomic E-state index is 15.0. The van der Waals surface area contributed by atoms with Gasteiger partial charge in [0.2, 0.25) is 33.3 Å². The zero-order valence-electron chi connectivity index (χ0n) is 35.9. The Hall–Kier alpha value is -4.81. The van der Waals surface area contributed by atoms with Crippen LogP contribution in [0.25, 0.3) is 10.8 Å². The highest BCUT2D eigenvalue weighted by Gasteiger charge is 2.63. The highest BCUT2D eigenvalue weighted by Crippen LogP contribution is 2.48. The summed E-state index contributed by atoms with van der Waals surface area (Å²) in [5.74, 6) is -2.84. The van der Waals surface area contributed by atoms with Crippen LogP contribution in [0.1, 0.15) is 86.0 Å². The molecule has 2 saturated carbocycles. The minimum Gasteiger partial charge on any atom is -0.497 e. The molecule has 336 valence electrons. The Morgan fingerprint density at radius 3 is 2.44 bits per heavy atom. The Labute approximate surface area is 354 Å².